The molecule has 0 aromatic heterocycles. The van der Waals surface area contributed by atoms with Gasteiger partial charge in [0.2, 0.25) is 6.08 Å². The third kappa shape index (κ3) is 4.12. The van der Waals surface area contributed by atoms with Crippen molar-refractivity contribution in [3.8, 4) is 0 Å². The quantitative estimate of drug-likeness (QED) is 0.446. The molecule has 0 amide bonds. The van der Waals surface area contributed by atoms with Gasteiger partial charge in [0.15, 0.2) is 0 Å². The van der Waals surface area contributed by atoms with Gasteiger partial charge in [-0.3, -0.25) is 0 Å². The summed E-state index contributed by atoms with van der Waals surface area (Å²) in [4.78, 5) is 8.35. The van der Waals surface area contributed by atoms with Crippen LogP contribution in [0.15, 0.2) is 0 Å². The van der Waals surface area contributed by atoms with Crippen molar-refractivity contribution in [1.82, 2.24) is 0 Å². The second kappa shape index (κ2) is 6.86. The monoisotopic (exact) mass is 221 g/mol. The van der Waals surface area contributed by atoms with E-state index in [1.165, 1.54) is 0 Å². The molecular formula is C8H19NO4Si. The molecular weight excluding hydrogens is 202 g/mol. The number of isocyanates is 1. The summed E-state index contributed by atoms with van der Waals surface area (Å²) >= 11 is 0. The predicted molar refractivity (Wildman–Crippen MR) is 54.9 cm³/mol. The molecule has 0 unspecified atom stereocenters. The largest absolute Gasteiger partial charge is 0.505 e. The first-order chi connectivity index (χ1) is 6.35. The van der Waals surface area contributed by atoms with E-state index in [0.29, 0.717) is 0 Å². The fourth-order valence-electron chi connectivity index (χ4n) is 1.17. The van der Waals surface area contributed by atoms with Crippen LogP contribution in [0.5, 0.6) is 0 Å². The van der Waals surface area contributed by atoms with Crippen LogP contribution in [-0.2, 0) is 18.1 Å². The van der Waals surface area contributed by atoms with E-state index < -0.39 is 8.80 Å². The van der Waals surface area contributed by atoms with Gasteiger partial charge >= 0.3 is 8.80 Å². The Hall–Kier alpha value is -0.523. The van der Waals surface area contributed by atoms with Crippen LogP contribution >= 0.6 is 0 Å². The maximum atomic E-state index is 8.35. The van der Waals surface area contributed by atoms with Crippen molar-refractivity contribution in [2.45, 2.75) is 25.8 Å². The highest BCUT2D eigenvalue weighted by atomic mass is 28.4. The van der Waals surface area contributed by atoms with Gasteiger partial charge in [0, 0.05) is 26.4 Å². The first kappa shape index (κ1) is 15.9. The molecule has 0 aliphatic rings. The van der Waals surface area contributed by atoms with E-state index in [-0.39, 0.29) is 5.04 Å². The molecule has 0 rings (SSSR count). The van der Waals surface area contributed by atoms with Crippen LogP contribution in [0.3, 0.4) is 0 Å². The molecule has 0 fully saturated rings. The van der Waals surface area contributed by atoms with Crippen LogP contribution in [0.2, 0.25) is 5.04 Å². The Labute approximate surface area is 86.2 Å². The predicted octanol–water partition coefficient (Wildman–Crippen LogP) is 1.57. The maximum absolute atomic E-state index is 8.35. The topological polar surface area (TPSA) is 68.6 Å². The Balaban J connectivity index is 0. The highest BCUT2D eigenvalue weighted by molar-refractivity contribution is 6.63. The summed E-state index contributed by atoms with van der Waals surface area (Å²) in [6.45, 7) is 6.15. The first-order valence-electron chi connectivity index (χ1n) is 4.04. The SMILES string of the molecule is CO[Si](OC)(OC)C(C)(C)C.N=C=O. The average Bonchev–Trinajstić information content (AvgIpc) is 2.07. The summed E-state index contributed by atoms with van der Waals surface area (Å²) in [5.41, 5.74) is 0. The Morgan fingerprint density at radius 2 is 1.29 bits per heavy atom. The molecule has 0 atom stereocenters. The number of nitrogens with one attached hydrogen (secondary N) is 1. The normalized spacial score (nSPS) is 11.3. The van der Waals surface area contributed by atoms with Gasteiger partial charge in [0.05, 0.1) is 0 Å². The lowest BCUT2D eigenvalue weighted by Gasteiger charge is -2.35. The lowest BCUT2D eigenvalue weighted by molar-refractivity contribution is 0.0989. The van der Waals surface area contributed by atoms with Gasteiger partial charge in [-0.15, -0.1) is 0 Å². The molecule has 0 saturated heterocycles. The van der Waals surface area contributed by atoms with Gasteiger partial charge in [-0.25, -0.2) is 10.2 Å². The summed E-state index contributed by atoms with van der Waals surface area (Å²) in [7, 11) is 2.47. The van der Waals surface area contributed by atoms with Crippen molar-refractivity contribution in [3.05, 3.63) is 0 Å². The van der Waals surface area contributed by atoms with Crippen molar-refractivity contribution in [2.24, 2.45) is 0 Å². The third-order valence-electron chi connectivity index (χ3n) is 1.72. The molecule has 84 valence electrons. The number of hydrogen-bond donors (Lipinski definition) is 1. The third-order valence-corrected chi connectivity index (χ3v) is 5.17. The molecule has 1 N–H and O–H groups in total. The van der Waals surface area contributed by atoms with E-state index in [4.69, 9.17) is 23.5 Å². The van der Waals surface area contributed by atoms with E-state index >= 15 is 0 Å². The van der Waals surface area contributed by atoms with E-state index in [1.54, 1.807) is 21.3 Å². The fraction of sp³-hybridized carbons (Fsp3) is 0.875. The molecule has 6 heteroatoms. The number of rotatable bonds is 3. The minimum Gasteiger partial charge on any atom is -0.377 e. The summed E-state index contributed by atoms with van der Waals surface area (Å²) < 4.78 is 15.9. The molecule has 5 nitrogen and oxygen atoms in total. The van der Waals surface area contributed by atoms with Gasteiger partial charge in [-0.2, -0.15) is 0 Å². The lowest BCUT2D eigenvalue weighted by atomic mass is 10.3. The highest BCUT2D eigenvalue weighted by Gasteiger charge is 2.50. The Morgan fingerprint density at radius 1 is 1.07 bits per heavy atom. The van der Waals surface area contributed by atoms with Crippen LogP contribution in [0.1, 0.15) is 20.8 Å². The van der Waals surface area contributed by atoms with Crippen LogP contribution in [0, 0.1) is 5.41 Å². The summed E-state index contributed by atoms with van der Waals surface area (Å²) in [5, 5.41) is 5.34. The molecule has 0 spiro atoms. The van der Waals surface area contributed by atoms with Crippen molar-refractivity contribution < 1.29 is 18.1 Å². The second-order valence-corrected chi connectivity index (χ2v) is 7.36. The molecule has 0 radical (unpaired) electrons. The molecule has 0 heterocycles. The zero-order valence-corrected chi connectivity index (χ0v) is 10.6. The number of hydrogen-bond acceptors (Lipinski definition) is 5. The van der Waals surface area contributed by atoms with Gasteiger partial charge in [0.25, 0.3) is 0 Å². The minimum atomic E-state index is -2.42. The second-order valence-electron chi connectivity index (χ2n) is 3.52. The van der Waals surface area contributed by atoms with Gasteiger partial charge in [-0.1, -0.05) is 20.8 Å². The minimum absolute atomic E-state index is 0.0642. The molecule has 0 aromatic rings. The first-order valence-corrected chi connectivity index (χ1v) is 5.77. The molecule has 0 bridgehead atoms. The lowest BCUT2D eigenvalue weighted by Crippen LogP contribution is -2.51. The van der Waals surface area contributed by atoms with E-state index in [1.807, 2.05) is 0 Å². The van der Waals surface area contributed by atoms with Gasteiger partial charge in [0.1, 0.15) is 0 Å². The van der Waals surface area contributed by atoms with Gasteiger partial charge < -0.3 is 13.3 Å². The highest BCUT2D eigenvalue weighted by Crippen LogP contribution is 2.36. The summed E-state index contributed by atoms with van der Waals surface area (Å²) in [6, 6.07) is 0. The fourth-order valence-corrected chi connectivity index (χ4v) is 3.51. The molecule has 0 aliphatic carbocycles. The standard InChI is InChI=1S/C7H18O3Si.CHNO/c1-7(2,3)11(8-4,9-5)10-6;2-1-3/h1-6H3;2H. The van der Waals surface area contributed by atoms with Crippen molar-refractivity contribution in [2.75, 3.05) is 21.3 Å². The van der Waals surface area contributed by atoms with Crippen LogP contribution in [0.25, 0.3) is 0 Å². The van der Waals surface area contributed by atoms with E-state index in [0.717, 1.165) is 6.08 Å². The maximum Gasteiger partial charge on any atom is 0.505 e. The van der Waals surface area contributed by atoms with Crippen molar-refractivity contribution in [1.29, 1.82) is 5.41 Å². The van der Waals surface area contributed by atoms with Crippen LogP contribution in [0.4, 0.5) is 0 Å². The molecule has 14 heavy (non-hydrogen) atoms. The van der Waals surface area contributed by atoms with Crippen molar-refractivity contribution in [3.63, 3.8) is 0 Å². The van der Waals surface area contributed by atoms with Crippen LogP contribution < -0.4 is 0 Å². The molecule has 0 saturated carbocycles. The van der Waals surface area contributed by atoms with Gasteiger partial charge in [-0.05, 0) is 0 Å². The Kier molecular flexibility index (Phi) is 7.81. The van der Waals surface area contributed by atoms with E-state index in [9.17, 15) is 0 Å². The zero-order chi connectivity index (χ0) is 11.8. The molecule has 0 aliphatic heterocycles. The number of carbonyl (C=O) groups excluding carboxylic acids is 1. The van der Waals surface area contributed by atoms with Crippen LogP contribution in [-0.4, -0.2) is 36.2 Å². The Morgan fingerprint density at radius 3 is 1.29 bits per heavy atom. The smallest absolute Gasteiger partial charge is 0.377 e. The summed E-state index contributed by atoms with van der Waals surface area (Å²) in [5.74, 6) is 0. The zero-order valence-electron chi connectivity index (χ0n) is 9.63. The Bertz CT molecular complexity index is 172. The van der Waals surface area contributed by atoms with Crippen molar-refractivity contribution >= 4 is 14.9 Å². The molecule has 0 aromatic carbocycles. The summed E-state index contributed by atoms with van der Waals surface area (Å²) in [6.07, 6.45) is 0.750. The average molecular weight is 221 g/mol. The van der Waals surface area contributed by atoms with E-state index in [2.05, 4.69) is 20.8 Å².